The molecule has 1 aromatic rings. The number of rotatable bonds is 2. The Labute approximate surface area is 85.5 Å². The Kier molecular flexibility index (Phi) is 3.50. The fourth-order valence-corrected chi connectivity index (χ4v) is 1.67. The number of carbonyl (C=O) groups excluding carboxylic acids is 1. The van der Waals surface area contributed by atoms with Crippen LogP contribution in [0.5, 0.6) is 0 Å². The molecule has 0 radical (unpaired) electrons. The lowest BCUT2D eigenvalue weighted by atomic mass is 10.2. The fraction of sp³-hybridized carbons (Fsp3) is 0.125. The smallest absolute Gasteiger partial charge is 0.337 e. The number of hydrogen-bond donors (Lipinski definition) is 2. The van der Waals surface area contributed by atoms with E-state index in [4.69, 9.17) is 5.73 Å². The summed E-state index contributed by atoms with van der Waals surface area (Å²) < 4.78 is 4.54. The van der Waals surface area contributed by atoms with Gasteiger partial charge < -0.3 is 10.5 Å². The number of methoxy groups -OCH3 is 1. The van der Waals surface area contributed by atoms with Crippen LogP contribution in [-0.4, -0.2) is 13.1 Å². The Balaban J connectivity index is 3.02. The summed E-state index contributed by atoms with van der Waals surface area (Å²) in [6.45, 7) is 0. The lowest BCUT2D eigenvalue weighted by Crippen LogP contribution is -2.02. The molecule has 1 aromatic carbocycles. The van der Waals surface area contributed by atoms with Crippen LogP contribution in [0.3, 0.4) is 0 Å². The number of esters is 1. The molecule has 0 aliphatic heterocycles. The van der Waals surface area contributed by atoms with E-state index in [1.165, 1.54) is 17.9 Å². The zero-order valence-electron chi connectivity index (χ0n) is 6.98. The van der Waals surface area contributed by atoms with Gasteiger partial charge >= 0.3 is 5.97 Å². The van der Waals surface area contributed by atoms with Crippen molar-refractivity contribution in [1.29, 1.82) is 0 Å². The van der Waals surface area contributed by atoms with Crippen molar-refractivity contribution in [2.24, 2.45) is 0 Å². The molecule has 5 heteroatoms. The quantitative estimate of drug-likeness (QED) is 0.343. The molecule has 0 bridgehead atoms. The van der Waals surface area contributed by atoms with Crippen LogP contribution in [0.2, 0.25) is 0 Å². The fourth-order valence-electron chi connectivity index (χ4n) is 0.876. The van der Waals surface area contributed by atoms with Gasteiger partial charge in [0.2, 0.25) is 0 Å². The third kappa shape index (κ3) is 2.32. The first-order valence-electron chi connectivity index (χ1n) is 3.48. The molecule has 13 heavy (non-hydrogen) atoms. The normalized spacial score (nSPS) is 9.69. The van der Waals surface area contributed by atoms with Gasteiger partial charge in [-0.2, -0.15) is 0 Å². The molecule has 0 aromatic heterocycles. The van der Waals surface area contributed by atoms with Gasteiger partial charge in [0.15, 0.2) is 0 Å². The Morgan fingerprint density at radius 3 is 2.77 bits per heavy atom. The molecule has 0 aliphatic rings. The second-order valence-electron chi connectivity index (χ2n) is 2.34. The Hall–Kier alpha value is -0.810. The van der Waals surface area contributed by atoms with Gasteiger partial charge in [-0.25, -0.2) is 4.79 Å². The van der Waals surface area contributed by atoms with Gasteiger partial charge in [-0.3, -0.25) is 0 Å². The van der Waals surface area contributed by atoms with Crippen molar-refractivity contribution in [3.05, 3.63) is 23.8 Å². The van der Waals surface area contributed by atoms with E-state index < -0.39 is 0 Å². The molecule has 0 saturated heterocycles. The van der Waals surface area contributed by atoms with Gasteiger partial charge in [0.05, 0.1) is 12.7 Å². The molecular weight excluding hydrogens is 206 g/mol. The van der Waals surface area contributed by atoms with Crippen LogP contribution in [0, 0.1) is 0 Å². The largest absolute Gasteiger partial charge is 0.465 e. The molecular formula is C8H9NO2S2. The first-order chi connectivity index (χ1) is 6.19. The van der Waals surface area contributed by atoms with Crippen molar-refractivity contribution in [1.82, 2.24) is 0 Å². The van der Waals surface area contributed by atoms with E-state index in [2.05, 4.69) is 16.4 Å². The first-order valence-corrected chi connectivity index (χ1v) is 5.35. The number of nitrogen functional groups attached to an aromatic ring is 1. The van der Waals surface area contributed by atoms with E-state index in [0.717, 1.165) is 4.90 Å². The van der Waals surface area contributed by atoms with Gasteiger partial charge in [0, 0.05) is 10.6 Å². The number of ether oxygens (including phenoxy) is 1. The number of anilines is 1. The zero-order valence-corrected chi connectivity index (χ0v) is 8.69. The van der Waals surface area contributed by atoms with Crippen LogP contribution in [0.25, 0.3) is 0 Å². The number of hydrogen-bond acceptors (Lipinski definition) is 5. The summed E-state index contributed by atoms with van der Waals surface area (Å²) in [4.78, 5) is 11.9. The van der Waals surface area contributed by atoms with E-state index in [1.54, 1.807) is 18.2 Å². The average molecular weight is 215 g/mol. The summed E-state index contributed by atoms with van der Waals surface area (Å²) in [6, 6.07) is 4.96. The van der Waals surface area contributed by atoms with Crippen LogP contribution in [0.4, 0.5) is 5.69 Å². The molecule has 0 spiro atoms. The van der Waals surface area contributed by atoms with Gasteiger partial charge in [0.25, 0.3) is 0 Å². The molecule has 3 nitrogen and oxygen atoms in total. The van der Waals surface area contributed by atoms with Gasteiger partial charge in [-0.15, -0.1) is 11.7 Å². The van der Waals surface area contributed by atoms with E-state index in [0.29, 0.717) is 11.3 Å². The van der Waals surface area contributed by atoms with Crippen molar-refractivity contribution in [3.63, 3.8) is 0 Å². The van der Waals surface area contributed by atoms with Crippen LogP contribution in [0.15, 0.2) is 23.1 Å². The molecule has 1 rings (SSSR count). The SMILES string of the molecule is COC(=O)c1ccc(SS)c(N)c1. The minimum Gasteiger partial charge on any atom is -0.465 e. The Morgan fingerprint density at radius 2 is 2.31 bits per heavy atom. The van der Waals surface area contributed by atoms with E-state index in [-0.39, 0.29) is 5.97 Å². The maximum absolute atomic E-state index is 11.1. The highest BCUT2D eigenvalue weighted by molar-refractivity contribution is 8.68. The highest BCUT2D eigenvalue weighted by Crippen LogP contribution is 2.28. The van der Waals surface area contributed by atoms with Crippen LogP contribution in [-0.2, 0) is 4.74 Å². The molecule has 0 aliphatic carbocycles. The van der Waals surface area contributed by atoms with Crippen molar-refractivity contribution in [2.75, 3.05) is 12.8 Å². The third-order valence-electron chi connectivity index (χ3n) is 1.53. The van der Waals surface area contributed by atoms with Gasteiger partial charge in [-0.1, -0.05) is 10.8 Å². The number of carbonyl (C=O) groups is 1. The standard InChI is InChI=1S/C8H9NO2S2/c1-11-8(10)5-2-3-7(13-12)6(9)4-5/h2-4,12H,9H2,1H3. The Bertz CT molecular complexity index is 328. The predicted molar refractivity (Wildman–Crippen MR) is 57.0 cm³/mol. The molecule has 0 heterocycles. The summed E-state index contributed by atoms with van der Waals surface area (Å²) in [5.74, 6) is -0.387. The maximum atomic E-state index is 11.1. The molecule has 0 atom stereocenters. The predicted octanol–water partition coefficient (Wildman–Crippen LogP) is 1.99. The lowest BCUT2D eigenvalue weighted by molar-refractivity contribution is 0.0600. The second kappa shape index (κ2) is 4.43. The zero-order chi connectivity index (χ0) is 9.84. The van der Waals surface area contributed by atoms with Crippen LogP contribution < -0.4 is 5.73 Å². The summed E-state index contributed by atoms with van der Waals surface area (Å²) in [7, 11) is 2.57. The monoisotopic (exact) mass is 215 g/mol. The number of thiol groups is 1. The minimum atomic E-state index is -0.387. The summed E-state index contributed by atoms with van der Waals surface area (Å²) in [6.07, 6.45) is 0. The number of benzene rings is 1. The van der Waals surface area contributed by atoms with Crippen molar-refractivity contribution < 1.29 is 9.53 Å². The second-order valence-corrected chi connectivity index (χ2v) is 3.51. The summed E-state index contributed by atoms with van der Waals surface area (Å²) >= 11 is 4.01. The molecule has 0 unspecified atom stereocenters. The molecule has 0 amide bonds. The molecule has 0 saturated carbocycles. The van der Waals surface area contributed by atoms with E-state index >= 15 is 0 Å². The maximum Gasteiger partial charge on any atom is 0.337 e. The van der Waals surface area contributed by atoms with Crippen molar-refractivity contribution in [2.45, 2.75) is 4.90 Å². The van der Waals surface area contributed by atoms with E-state index in [9.17, 15) is 4.79 Å². The average Bonchev–Trinajstić information content (AvgIpc) is 2.16. The first kappa shape index (κ1) is 10.3. The highest BCUT2D eigenvalue weighted by Gasteiger charge is 2.07. The van der Waals surface area contributed by atoms with Crippen molar-refractivity contribution >= 4 is 34.1 Å². The van der Waals surface area contributed by atoms with Crippen LogP contribution in [0.1, 0.15) is 10.4 Å². The number of nitrogens with two attached hydrogens (primary N) is 1. The highest BCUT2D eigenvalue weighted by atomic mass is 33.1. The molecule has 2 N–H and O–H groups in total. The summed E-state index contributed by atoms with van der Waals surface area (Å²) in [5.41, 5.74) is 6.63. The third-order valence-corrected chi connectivity index (χ3v) is 2.69. The molecule has 70 valence electrons. The summed E-state index contributed by atoms with van der Waals surface area (Å²) in [5, 5.41) is 0. The van der Waals surface area contributed by atoms with Crippen LogP contribution >= 0.6 is 22.5 Å². The van der Waals surface area contributed by atoms with Crippen molar-refractivity contribution in [3.8, 4) is 0 Å². The molecule has 0 fully saturated rings. The Morgan fingerprint density at radius 1 is 1.62 bits per heavy atom. The van der Waals surface area contributed by atoms with Gasteiger partial charge in [0.1, 0.15) is 0 Å². The topological polar surface area (TPSA) is 52.3 Å². The minimum absolute atomic E-state index is 0.387. The lowest BCUT2D eigenvalue weighted by Gasteiger charge is -2.03. The van der Waals surface area contributed by atoms with Gasteiger partial charge in [-0.05, 0) is 18.2 Å². The van der Waals surface area contributed by atoms with E-state index in [1.807, 2.05) is 0 Å².